The van der Waals surface area contributed by atoms with Crippen LogP contribution in [0.1, 0.15) is 77.6 Å². The fourth-order valence-electron chi connectivity index (χ4n) is 4.36. The van der Waals surface area contributed by atoms with Crippen LogP contribution in [0.15, 0.2) is 34.9 Å². The summed E-state index contributed by atoms with van der Waals surface area (Å²) in [7, 11) is 0. The Labute approximate surface area is 168 Å². The number of hydrogen-bond acceptors (Lipinski definition) is 2. The molecule has 3 atom stereocenters. The minimum atomic E-state index is -0.730. The van der Waals surface area contributed by atoms with Gasteiger partial charge in [0.2, 0.25) is 5.78 Å². The smallest absolute Gasteiger partial charge is 0.303 e. The minimum absolute atomic E-state index is 0.0347. The number of ketones is 1. The molecule has 150 valence electrons. The third-order valence-electron chi connectivity index (χ3n) is 5.82. The predicted octanol–water partition coefficient (Wildman–Crippen LogP) is 6.43. The first-order valence-electron chi connectivity index (χ1n) is 10.5. The second kappa shape index (κ2) is 11.5. The molecule has 2 rings (SSSR count). The average Bonchev–Trinajstić information content (AvgIpc) is 3.17. The van der Waals surface area contributed by atoms with Crippen LogP contribution in [0.5, 0.6) is 0 Å². The zero-order valence-electron chi connectivity index (χ0n) is 16.5. The lowest BCUT2D eigenvalue weighted by Crippen LogP contribution is -2.04. The maximum absolute atomic E-state index is 12.3. The Bertz CT molecular complexity index is 603. The summed E-state index contributed by atoms with van der Waals surface area (Å²) >= 11 is 6.09. The third-order valence-corrected chi connectivity index (χ3v) is 6.12. The fourth-order valence-corrected chi connectivity index (χ4v) is 4.62. The molecular formula is C23H33ClO3. The van der Waals surface area contributed by atoms with Crippen molar-refractivity contribution in [3.05, 3.63) is 34.9 Å². The van der Waals surface area contributed by atoms with Crippen molar-refractivity contribution < 1.29 is 14.7 Å². The molecule has 2 aliphatic rings. The highest BCUT2D eigenvalue weighted by atomic mass is 35.5. The number of Topliss-reactive ketones (excluding diaryl/α,β-unsaturated/α-hetero) is 1. The first kappa shape index (κ1) is 21.9. The van der Waals surface area contributed by atoms with Crippen molar-refractivity contribution in [2.75, 3.05) is 0 Å². The zero-order valence-corrected chi connectivity index (χ0v) is 17.2. The van der Waals surface area contributed by atoms with Crippen LogP contribution in [0.25, 0.3) is 0 Å². The molecular weight excluding hydrogens is 360 g/mol. The normalized spacial score (nSPS) is 27.0. The van der Waals surface area contributed by atoms with Gasteiger partial charge >= 0.3 is 5.97 Å². The molecule has 0 aliphatic heterocycles. The molecule has 0 amide bonds. The number of carboxylic acid groups (broad SMARTS) is 1. The van der Waals surface area contributed by atoms with Crippen LogP contribution in [0.3, 0.4) is 0 Å². The maximum atomic E-state index is 12.3. The number of carboxylic acids is 1. The van der Waals surface area contributed by atoms with Gasteiger partial charge < -0.3 is 5.11 Å². The quantitative estimate of drug-likeness (QED) is 0.325. The number of allylic oxidation sites excluding steroid dienone is 6. The van der Waals surface area contributed by atoms with E-state index >= 15 is 0 Å². The van der Waals surface area contributed by atoms with Crippen LogP contribution >= 0.6 is 11.6 Å². The highest BCUT2D eigenvalue weighted by Gasteiger charge is 2.28. The van der Waals surface area contributed by atoms with Gasteiger partial charge in [0, 0.05) is 17.9 Å². The first-order chi connectivity index (χ1) is 13.0. The van der Waals surface area contributed by atoms with Gasteiger partial charge in [0.05, 0.1) is 5.03 Å². The lowest BCUT2D eigenvalue weighted by molar-refractivity contribution is -0.137. The molecule has 1 saturated carbocycles. The van der Waals surface area contributed by atoms with E-state index in [1.165, 1.54) is 32.1 Å². The van der Waals surface area contributed by atoms with Crippen LogP contribution < -0.4 is 0 Å². The monoisotopic (exact) mass is 392 g/mol. The van der Waals surface area contributed by atoms with Gasteiger partial charge in [0.1, 0.15) is 0 Å². The summed E-state index contributed by atoms with van der Waals surface area (Å²) in [5.41, 5.74) is 0.810. The molecule has 2 aliphatic carbocycles. The lowest BCUT2D eigenvalue weighted by Gasteiger charge is -2.09. The number of hydrogen-bond donors (Lipinski definition) is 1. The van der Waals surface area contributed by atoms with E-state index in [4.69, 9.17) is 16.7 Å². The molecule has 27 heavy (non-hydrogen) atoms. The SMILES string of the molecule is CCCC1CCC(/C=C/C=C2\C(=O)C(Cl)=CC2CCCCCCC(=O)O)C1. The molecule has 3 unspecified atom stereocenters. The van der Waals surface area contributed by atoms with E-state index in [2.05, 4.69) is 19.1 Å². The second-order valence-corrected chi connectivity index (χ2v) is 8.44. The minimum Gasteiger partial charge on any atom is -0.481 e. The Morgan fingerprint density at radius 3 is 2.74 bits per heavy atom. The van der Waals surface area contributed by atoms with E-state index in [-0.39, 0.29) is 18.1 Å². The summed E-state index contributed by atoms with van der Waals surface area (Å²) in [5.74, 6) is 0.853. The Kier molecular flexibility index (Phi) is 9.33. The van der Waals surface area contributed by atoms with Gasteiger partial charge in [-0.25, -0.2) is 0 Å². The van der Waals surface area contributed by atoms with Crippen molar-refractivity contribution in [3.8, 4) is 0 Å². The number of rotatable bonds is 11. The summed E-state index contributed by atoms with van der Waals surface area (Å²) in [4.78, 5) is 22.9. The first-order valence-corrected chi connectivity index (χ1v) is 10.9. The van der Waals surface area contributed by atoms with Gasteiger partial charge in [0.25, 0.3) is 0 Å². The lowest BCUT2D eigenvalue weighted by atomic mass is 9.94. The molecule has 0 bridgehead atoms. The summed E-state index contributed by atoms with van der Waals surface area (Å²) < 4.78 is 0. The van der Waals surface area contributed by atoms with Crippen LogP contribution in [-0.4, -0.2) is 16.9 Å². The van der Waals surface area contributed by atoms with Crippen molar-refractivity contribution in [2.24, 2.45) is 17.8 Å². The topological polar surface area (TPSA) is 54.4 Å². The second-order valence-electron chi connectivity index (χ2n) is 8.03. The third kappa shape index (κ3) is 7.29. The summed E-state index contributed by atoms with van der Waals surface area (Å²) in [5, 5.41) is 9.01. The maximum Gasteiger partial charge on any atom is 0.303 e. The molecule has 4 heteroatoms. The molecule has 3 nitrogen and oxygen atoms in total. The van der Waals surface area contributed by atoms with Gasteiger partial charge in [-0.15, -0.1) is 0 Å². The number of aliphatic carboxylic acids is 1. The van der Waals surface area contributed by atoms with E-state index in [1.807, 2.05) is 12.2 Å². The highest BCUT2D eigenvalue weighted by Crippen LogP contribution is 2.35. The van der Waals surface area contributed by atoms with E-state index in [9.17, 15) is 9.59 Å². The van der Waals surface area contributed by atoms with Crippen molar-refractivity contribution in [2.45, 2.75) is 77.6 Å². The molecule has 0 aromatic heterocycles. The van der Waals surface area contributed by atoms with Crippen LogP contribution in [0.2, 0.25) is 0 Å². The standard InChI is InChI=1S/C23H33ClO3/c1-2-8-17-13-14-18(15-17)9-7-11-20-19(16-21(24)23(20)27)10-5-3-4-6-12-22(25)26/h7,9,11,16-19H,2-6,8,10,12-15H2,1H3,(H,25,26)/b9-7+,20-11-. The summed E-state index contributed by atoms with van der Waals surface area (Å²) in [6.45, 7) is 2.25. The van der Waals surface area contributed by atoms with Gasteiger partial charge in [0.15, 0.2) is 0 Å². The van der Waals surface area contributed by atoms with E-state index in [0.29, 0.717) is 11.0 Å². The van der Waals surface area contributed by atoms with Gasteiger partial charge in [-0.2, -0.15) is 0 Å². The van der Waals surface area contributed by atoms with Gasteiger partial charge in [-0.05, 0) is 43.9 Å². The van der Waals surface area contributed by atoms with Crippen molar-refractivity contribution >= 4 is 23.4 Å². The zero-order chi connectivity index (χ0) is 19.6. The Balaban J connectivity index is 1.80. The average molecular weight is 393 g/mol. The van der Waals surface area contributed by atoms with Crippen molar-refractivity contribution in [1.29, 1.82) is 0 Å². The molecule has 1 N–H and O–H groups in total. The van der Waals surface area contributed by atoms with E-state index in [1.54, 1.807) is 0 Å². The predicted molar refractivity (Wildman–Crippen MR) is 111 cm³/mol. The Hall–Kier alpha value is -1.35. The largest absolute Gasteiger partial charge is 0.481 e. The molecule has 0 aromatic carbocycles. The van der Waals surface area contributed by atoms with Crippen molar-refractivity contribution in [3.63, 3.8) is 0 Å². The van der Waals surface area contributed by atoms with Gasteiger partial charge in [-0.3, -0.25) is 9.59 Å². The fraction of sp³-hybridized carbons (Fsp3) is 0.652. The van der Waals surface area contributed by atoms with Crippen LogP contribution in [0, 0.1) is 17.8 Å². The molecule has 0 spiro atoms. The van der Waals surface area contributed by atoms with Crippen LogP contribution in [0.4, 0.5) is 0 Å². The van der Waals surface area contributed by atoms with E-state index in [0.717, 1.165) is 43.6 Å². The molecule has 0 saturated heterocycles. The number of carbonyl (C=O) groups is 2. The summed E-state index contributed by atoms with van der Waals surface area (Å²) in [6.07, 6.45) is 19.4. The number of carbonyl (C=O) groups excluding carboxylic acids is 1. The molecule has 0 aromatic rings. The number of unbranched alkanes of at least 4 members (excludes halogenated alkanes) is 3. The number of halogens is 1. The Morgan fingerprint density at radius 2 is 2.00 bits per heavy atom. The van der Waals surface area contributed by atoms with Crippen LogP contribution in [-0.2, 0) is 9.59 Å². The van der Waals surface area contributed by atoms with Gasteiger partial charge in [-0.1, -0.05) is 74.9 Å². The summed E-state index contributed by atoms with van der Waals surface area (Å²) in [6, 6.07) is 0. The molecule has 1 fully saturated rings. The Morgan fingerprint density at radius 1 is 1.22 bits per heavy atom. The highest BCUT2D eigenvalue weighted by molar-refractivity contribution is 6.46. The van der Waals surface area contributed by atoms with Crippen molar-refractivity contribution in [1.82, 2.24) is 0 Å². The molecule has 0 radical (unpaired) electrons. The van der Waals surface area contributed by atoms with E-state index < -0.39 is 5.97 Å². The molecule has 0 heterocycles.